The van der Waals surface area contributed by atoms with E-state index >= 15 is 0 Å². The summed E-state index contributed by atoms with van der Waals surface area (Å²) >= 11 is 0. The summed E-state index contributed by atoms with van der Waals surface area (Å²) in [7, 11) is 0. The fourth-order valence-corrected chi connectivity index (χ4v) is 2.03. The molecule has 0 aromatic heterocycles. The van der Waals surface area contributed by atoms with Gasteiger partial charge >= 0.3 is 0 Å². The minimum Gasteiger partial charge on any atom is -0.381 e. The average molecular weight is 185 g/mol. The second-order valence-corrected chi connectivity index (χ2v) is 4.20. The molecular formula is C11H23NO. The lowest BCUT2D eigenvalue weighted by atomic mass is 9.90. The predicted molar refractivity (Wildman–Crippen MR) is 55.9 cm³/mol. The number of hydrogen-bond donors (Lipinski definition) is 1. The molecule has 0 saturated carbocycles. The van der Waals surface area contributed by atoms with Crippen LogP contribution in [0.25, 0.3) is 0 Å². The van der Waals surface area contributed by atoms with Crippen molar-refractivity contribution in [1.82, 2.24) is 5.32 Å². The van der Waals surface area contributed by atoms with E-state index in [1.54, 1.807) is 0 Å². The fourth-order valence-electron chi connectivity index (χ4n) is 2.03. The Hall–Kier alpha value is -0.0800. The van der Waals surface area contributed by atoms with Crippen LogP contribution in [0.3, 0.4) is 0 Å². The van der Waals surface area contributed by atoms with Gasteiger partial charge in [-0.2, -0.15) is 0 Å². The molecule has 0 amide bonds. The maximum absolute atomic E-state index is 5.35. The van der Waals surface area contributed by atoms with Gasteiger partial charge in [0.1, 0.15) is 0 Å². The molecule has 1 saturated heterocycles. The molecule has 1 atom stereocenters. The van der Waals surface area contributed by atoms with Crippen LogP contribution in [-0.2, 0) is 4.74 Å². The Labute approximate surface area is 82.0 Å². The van der Waals surface area contributed by atoms with E-state index in [2.05, 4.69) is 19.2 Å². The molecule has 0 aromatic carbocycles. The smallest absolute Gasteiger partial charge is 0.0468 e. The van der Waals surface area contributed by atoms with Crippen molar-refractivity contribution in [3.8, 4) is 0 Å². The first-order chi connectivity index (χ1) is 6.33. The van der Waals surface area contributed by atoms with Crippen molar-refractivity contribution in [2.75, 3.05) is 26.3 Å². The quantitative estimate of drug-likeness (QED) is 0.708. The highest BCUT2D eigenvalue weighted by Crippen LogP contribution is 2.22. The number of nitrogens with one attached hydrogen (secondary N) is 1. The van der Waals surface area contributed by atoms with Crippen molar-refractivity contribution in [3.63, 3.8) is 0 Å². The maximum atomic E-state index is 5.35. The van der Waals surface area contributed by atoms with Gasteiger partial charge in [-0.1, -0.05) is 13.8 Å². The minimum atomic E-state index is 0.822. The van der Waals surface area contributed by atoms with E-state index in [4.69, 9.17) is 4.74 Å². The van der Waals surface area contributed by atoms with Gasteiger partial charge in [-0.15, -0.1) is 0 Å². The van der Waals surface area contributed by atoms with Crippen LogP contribution in [0.4, 0.5) is 0 Å². The minimum absolute atomic E-state index is 0.822. The van der Waals surface area contributed by atoms with Crippen LogP contribution < -0.4 is 5.32 Å². The molecule has 2 heteroatoms. The number of hydrogen-bond acceptors (Lipinski definition) is 2. The van der Waals surface area contributed by atoms with Gasteiger partial charge in [0.2, 0.25) is 0 Å². The van der Waals surface area contributed by atoms with Crippen LogP contribution in [0.2, 0.25) is 0 Å². The summed E-state index contributed by atoms with van der Waals surface area (Å²) in [6.07, 6.45) is 3.92. The highest BCUT2D eigenvalue weighted by Gasteiger charge is 2.16. The first-order valence-corrected chi connectivity index (χ1v) is 5.61. The average Bonchev–Trinajstić information content (AvgIpc) is 2.16. The van der Waals surface area contributed by atoms with E-state index in [9.17, 15) is 0 Å². The summed E-state index contributed by atoms with van der Waals surface area (Å²) in [5, 5.41) is 3.41. The molecule has 1 N–H and O–H groups in total. The van der Waals surface area contributed by atoms with E-state index in [-0.39, 0.29) is 0 Å². The first kappa shape index (κ1) is 11.0. The Morgan fingerprint density at radius 2 is 2.08 bits per heavy atom. The van der Waals surface area contributed by atoms with Gasteiger partial charge in [-0.05, 0) is 44.2 Å². The summed E-state index contributed by atoms with van der Waals surface area (Å²) in [4.78, 5) is 0. The van der Waals surface area contributed by atoms with E-state index in [0.717, 1.165) is 31.6 Å². The highest BCUT2D eigenvalue weighted by atomic mass is 16.5. The summed E-state index contributed by atoms with van der Waals surface area (Å²) in [5.74, 6) is 1.74. The summed E-state index contributed by atoms with van der Waals surface area (Å²) < 4.78 is 5.35. The molecule has 0 bridgehead atoms. The van der Waals surface area contributed by atoms with Crippen molar-refractivity contribution in [2.24, 2.45) is 11.8 Å². The molecule has 1 fully saturated rings. The molecule has 1 unspecified atom stereocenters. The molecule has 2 nitrogen and oxygen atoms in total. The van der Waals surface area contributed by atoms with Crippen molar-refractivity contribution in [3.05, 3.63) is 0 Å². The van der Waals surface area contributed by atoms with Crippen molar-refractivity contribution in [2.45, 2.75) is 33.1 Å². The van der Waals surface area contributed by atoms with Crippen LogP contribution in [0, 0.1) is 11.8 Å². The van der Waals surface area contributed by atoms with Crippen LogP contribution in [0.5, 0.6) is 0 Å². The van der Waals surface area contributed by atoms with Gasteiger partial charge < -0.3 is 10.1 Å². The second-order valence-electron chi connectivity index (χ2n) is 4.20. The Bertz CT molecular complexity index is 121. The normalized spacial score (nSPS) is 21.7. The van der Waals surface area contributed by atoms with Crippen LogP contribution in [-0.4, -0.2) is 26.3 Å². The van der Waals surface area contributed by atoms with E-state index < -0.39 is 0 Å². The van der Waals surface area contributed by atoms with Gasteiger partial charge in [0.05, 0.1) is 0 Å². The monoisotopic (exact) mass is 185 g/mol. The van der Waals surface area contributed by atoms with Crippen molar-refractivity contribution in [1.29, 1.82) is 0 Å². The molecular weight excluding hydrogens is 162 g/mol. The predicted octanol–water partition coefficient (Wildman–Crippen LogP) is 2.05. The summed E-state index contributed by atoms with van der Waals surface area (Å²) in [6.45, 7) is 8.75. The highest BCUT2D eigenvalue weighted by molar-refractivity contribution is 4.67. The molecule has 1 aliphatic rings. The fraction of sp³-hybridized carbons (Fsp3) is 1.00. The van der Waals surface area contributed by atoms with Gasteiger partial charge in [0, 0.05) is 13.2 Å². The van der Waals surface area contributed by atoms with Crippen molar-refractivity contribution < 1.29 is 4.74 Å². The third kappa shape index (κ3) is 4.63. The largest absolute Gasteiger partial charge is 0.381 e. The Kier molecular flexibility index (Phi) is 5.40. The Morgan fingerprint density at radius 3 is 2.69 bits per heavy atom. The zero-order valence-corrected chi connectivity index (χ0v) is 9.01. The zero-order valence-electron chi connectivity index (χ0n) is 9.01. The molecule has 0 radical (unpaired) electrons. The van der Waals surface area contributed by atoms with E-state index in [1.165, 1.54) is 25.8 Å². The second kappa shape index (κ2) is 6.39. The maximum Gasteiger partial charge on any atom is 0.0468 e. The molecule has 0 spiro atoms. The van der Waals surface area contributed by atoms with Gasteiger partial charge in [-0.25, -0.2) is 0 Å². The topological polar surface area (TPSA) is 21.3 Å². The van der Waals surface area contributed by atoms with Gasteiger partial charge in [0.15, 0.2) is 0 Å². The third-order valence-electron chi connectivity index (χ3n) is 2.82. The van der Waals surface area contributed by atoms with Gasteiger partial charge in [0.25, 0.3) is 0 Å². The Morgan fingerprint density at radius 1 is 1.38 bits per heavy atom. The summed E-state index contributed by atoms with van der Waals surface area (Å²) in [5.41, 5.74) is 0. The number of rotatable bonds is 5. The molecule has 1 rings (SSSR count). The van der Waals surface area contributed by atoms with Crippen LogP contribution >= 0.6 is 0 Å². The molecule has 0 aliphatic carbocycles. The molecule has 1 heterocycles. The van der Waals surface area contributed by atoms with Crippen LogP contribution in [0.1, 0.15) is 33.1 Å². The zero-order chi connectivity index (χ0) is 9.52. The standard InChI is InChI=1S/C11H23NO/c1-3-12-9-10(2)8-11-4-6-13-7-5-11/h10-12H,3-9H2,1-2H3. The van der Waals surface area contributed by atoms with Crippen LogP contribution in [0.15, 0.2) is 0 Å². The third-order valence-corrected chi connectivity index (χ3v) is 2.82. The van der Waals surface area contributed by atoms with E-state index in [0.29, 0.717) is 0 Å². The lowest BCUT2D eigenvalue weighted by Crippen LogP contribution is -2.24. The summed E-state index contributed by atoms with van der Waals surface area (Å²) in [6, 6.07) is 0. The van der Waals surface area contributed by atoms with Crippen molar-refractivity contribution >= 4 is 0 Å². The number of ether oxygens (including phenoxy) is 1. The molecule has 78 valence electrons. The molecule has 13 heavy (non-hydrogen) atoms. The lowest BCUT2D eigenvalue weighted by Gasteiger charge is -2.24. The van der Waals surface area contributed by atoms with E-state index in [1.807, 2.05) is 0 Å². The SMILES string of the molecule is CCNCC(C)CC1CCOCC1. The Balaban J connectivity index is 2.07. The lowest BCUT2D eigenvalue weighted by molar-refractivity contribution is 0.0594. The first-order valence-electron chi connectivity index (χ1n) is 5.61. The van der Waals surface area contributed by atoms with Gasteiger partial charge in [-0.3, -0.25) is 0 Å². The molecule has 0 aromatic rings. The molecule has 1 aliphatic heterocycles.